The zero-order chi connectivity index (χ0) is 14.0. The minimum atomic E-state index is -3.60. The van der Waals surface area contributed by atoms with Crippen molar-refractivity contribution in [1.29, 1.82) is 0 Å². The van der Waals surface area contributed by atoms with Crippen LogP contribution in [0.5, 0.6) is 0 Å². The molecule has 0 aliphatic rings. The van der Waals surface area contributed by atoms with Crippen molar-refractivity contribution < 1.29 is 8.42 Å². The fourth-order valence-electron chi connectivity index (χ4n) is 1.08. The van der Waals surface area contributed by atoms with Gasteiger partial charge in [-0.3, -0.25) is 0 Å². The first-order valence-corrected chi connectivity index (χ1v) is 7.45. The summed E-state index contributed by atoms with van der Waals surface area (Å²) in [5, 5.41) is 0.132. The molecule has 0 radical (unpaired) electrons. The van der Waals surface area contributed by atoms with Gasteiger partial charge >= 0.3 is 0 Å². The Morgan fingerprint density at radius 1 is 1.50 bits per heavy atom. The number of halogens is 1. The predicted molar refractivity (Wildman–Crippen MR) is 72.9 cm³/mol. The number of rotatable bonds is 5. The summed E-state index contributed by atoms with van der Waals surface area (Å²) in [5.41, 5.74) is 5.34. The highest BCUT2D eigenvalue weighted by Crippen LogP contribution is 2.22. The molecule has 0 unspecified atom stereocenters. The standard InChI is InChI=1S/C11H18ClN3O2S/c1-4-11(2,3)7-15-18(16,17)8-5-9(12)10(13)14-6-8/h5-6,15H,4,7H2,1-3H3,(H2,13,14). The molecule has 1 aromatic heterocycles. The lowest BCUT2D eigenvalue weighted by Crippen LogP contribution is -2.33. The van der Waals surface area contributed by atoms with Crippen LogP contribution in [0.3, 0.4) is 0 Å². The van der Waals surface area contributed by atoms with Crippen molar-refractivity contribution in [1.82, 2.24) is 9.71 Å². The van der Waals surface area contributed by atoms with Crippen LogP contribution in [0, 0.1) is 5.41 Å². The summed E-state index contributed by atoms with van der Waals surface area (Å²) in [6.45, 7) is 6.34. The van der Waals surface area contributed by atoms with Crippen LogP contribution in [0.2, 0.25) is 5.02 Å². The summed E-state index contributed by atoms with van der Waals surface area (Å²) < 4.78 is 26.6. The molecule has 0 aliphatic heterocycles. The Morgan fingerprint density at radius 3 is 2.61 bits per heavy atom. The van der Waals surface area contributed by atoms with E-state index in [0.29, 0.717) is 6.54 Å². The maximum atomic E-state index is 12.0. The third-order valence-corrected chi connectivity index (χ3v) is 4.52. The van der Waals surface area contributed by atoms with E-state index >= 15 is 0 Å². The first-order valence-electron chi connectivity index (χ1n) is 5.58. The molecule has 102 valence electrons. The number of hydrogen-bond donors (Lipinski definition) is 2. The number of nitrogens with two attached hydrogens (primary N) is 1. The van der Waals surface area contributed by atoms with Crippen LogP contribution < -0.4 is 10.5 Å². The van der Waals surface area contributed by atoms with Crippen molar-refractivity contribution in [3.63, 3.8) is 0 Å². The van der Waals surface area contributed by atoms with Gasteiger partial charge in [-0.2, -0.15) is 0 Å². The van der Waals surface area contributed by atoms with E-state index in [4.69, 9.17) is 17.3 Å². The Bertz CT molecular complexity index is 529. The van der Waals surface area contributed by atoms with Crippen molar-refractivity contribution >= 4 is 27.4 Å². The first kappa shape index (κ1) is 15.2. The van der Waals surface area contributed by atoms with E-state index in [-0.39, 0.29) is 21.2 Å². The first-order chi connectivity index (χ1) is 8.18. The average molecular weight is 292 g/mol. The van der Waals surface area contributed by atoms with Crippen molar-refractivity contribution in [3.05, 3.63) is 17.3 Å². The van der Waals surface area contributed by atoms with E-state index in [9.17, 15) is 8.42 Å². The van der Waals surface area contributed by atoms with Gasteiger partial charge in [0.25, 0.3) is 0 Å². The Morgan fingerprint density at radius 2 is 2.11 bits per heavy atom. The van der Waals surface area contributed by atoms with Crippen LogP contribution in [-0.2, 0) is 10.0 Å². The summed E-state index contributed by atoms with van der Waals surface area (Å²) in [4.78, 5) is 3.76. The third-order valence-electron chi connectivity index (χ3n) is 2.85. The fraction of sp³-hybridized carbons (Fsp3) is 0.545. The van der Waals surface area contributed by atoms with Gasteiger partial charge in [0.05, 0.1) is 5.02 Å². The maximum Gasteiger partial charge on any atom is 0.242 e. The molecule has 0 saturated carbocycles. The van der Waals surface area contributed by atoms with E-state index in [0.717, 1.165) is 6.42 Å². The molecule has 1 heterocycles. The van der Waals surface area contributed by atoms with Crippen molar-refractivity contribution in [2.45, 2.75) is 32.1 Å². The molecule has 1 rings (SSSR count). The van der Waals surface area contributed by atoms with Gasteiger partial charge in [-0.25, -0.2) is 18.1 Å². The zero-order valence-corrected chi connectivity index (χ0v) is 12.3. The van der Waals surface area contributed by atoms with Crippen LogP contribution in [0.4, 0.5) is 5.82 Å². The average Bonchev–Trinajstić information content (AvgIpc) is 2.30. The van der Waals surface area contributed by atoms with Gasteiger partial charge in [-0.05, 0) is 17.9 Å². The third kappa shape index (κ3) is 3.83. The second-order valence-corrected chi connectivity index (χ2v) is 7.05. The van der Waals surface area contributed by atoms with Gasteiger partial charge in [0, 0.05) is 12.7 Å². The summed E-state index contributed by atoms with van der Waals surface area (Å²) >= 11 is 5.76. The minimum Gasteiger partial charge on any atom is -0.382 e. The quantitative estimate of drug-likeness (QED) is 0.869. The lowest BCUT2D eigenvalue weighted by atomic mass is 9.91. The van der Waals surface area contributed by atoms with E-state index in [2.05, 4.69) is 9.71 Å². The molecule has 0 fully saturated rings. The number of hydrogen-bond acceptors (Lipinski definition) is 4. The number of nitrogen functional groups attached to an aromatic ring is 1. The Kier molecular flexibility index (Phi) is 4.58. The van der Waals surface area contributed by atoms with Crippen LogP contribution in [-0.4, -0.2) is 19.9 Å². The largest absolute Gasteiger partial charge is 0.382 e. The van der Waals surface area contributed by atoms with Crippen LogP contribution in [0.1, 0.15) is 27.2 Å². The molecule has 7 heteroatoms. The maximum absolute atomic E-state index is 12.0. The molecule has 0 bridgehead atoms. The van der Waals surface area contributed by atoms with Gasteiger partial charge in [0.15, 0.2) is 0 Å². The second kappa shape index (κ2) is 5.42. The van der Waals surface area contributed by atoms with Gasteiger partial charge in [-0.1, -0.05) is 32.4 Å². The summed E-state index contributed by atoms with van der Waals surface area (Å²) in [7, 11) is -3.60. The van der Waals surface area contributed by atoms with Crippen LogP contribution in [0.25, 0.3) is 0 Å². The second-order valence-electron chi connectivity index (χ2n) is 4.88. The predicted octanol–water partition coefficient (Wildman–Crippen LogP) is 2.03. The molecule has 0 aromatic carbocycles. The van der Waals surface area contributed by atoms with Gasteiger partial charge in [0.2, 0.25) is 10.0 Å². The SMILES string of the molecule is CCC(C)(C)CNS(=O)(=O)c1cnc(N)c(Cl)c1. The highest BCUT2D eigenvalue weighted by molar-refractivity contribution is 7.89. The zero-order valence-electron chi connectivity index (χ0n) is 10.7. The molecule has 0 aliphatic carbocycles. The van der Waals surface area contributed by atoms with Gasteiger partial charge in [0.1, 0.15) is 10.7 Å². The lowest BCUT2D eigenvalue weighted by Gasteiger charge is -2.22. The van der Waals surface area contributed by atoms with E-state index in [1.165, 1.54) is 12.3 Å². The minimum absolute atomic E-state index is 0.0219. The summed E-state index contributed by atoms with van der Waals surface area (Å²) in [6, 6.07) is 1.30. The lowest BCUT2D eigenvalue weighted by molar-refractivity contribution is 0.350. The monoisotopic (exact) mass is 291 g/mol. The molecular weight excluding hydrogens is 274 g/mol. The Labute approximate surface area is 113 Å². The number of pyridine rings is 1. The Hall–Kier alpha value is -0.850. The van der Waals surface area contributed by atoms with E-state index in [1.54, 1.807) is 0 Å². The molecule has 18 heavy (non-hydrogen) atoms. The van der Waals surface area contributed by atoms with Crippen LogP contribution in [0.15, 0.2) is 17.2 Å². The Balaban J connectivity index is 2.90. The molecular formula is C11H18ClN3O2S. The summed E-state index contributed by atoms with van der Waals surface area (Å²) in [6.07, 6.45) is 2.07. The van der Waals surface area contributed by atoms with Crippen molar-refractivity contribution in [2.75, 3.05) is 12.3 Å². The number of sulfonamides is 1. The van der Waals surface area contributed by atoms with Crippen molar-refractivity contribution in [2.24, 2.45) is 5.41 Å². The molecule has 5 nitrogen and oxygen atoms in total. The van der Waals surface area contributed by atoms with Gasteiger partial charge in [-0.15, -0.1) is 0 Å². The molecule has 0 saturated heterocycles. The summed E-state index contributed by atoms with van der Waals surface area (Å²) in [5.74, 6) is 0.115. The van der Waals surface area contributed by atoms with E-state index in [1.807, 2.05) is 20.8 Å². The highest BCUT2D eigenvalue weighted by atomic mass is 35.5. The smallest absolute Gasteiger partial charge is 0.242 e. The number of aromatic nitrogens is 1. The molecule has 0 atom stereocenters. The number of nitrogens with zero attached hydrogens (tertiary/aromatic N) is 1. The number of anilines is 1. The number of nitrogens with one attached hydrogen (secondary N) is 1. The van der Waals surface area contributed by atoms with Gasteiger partial charge < -0.3 is 5.73 Å². The van der Waals surface area contributed by atoms with Crippen molar-refractivity contribution in [3.8, 4) is 0 Å². The van der Waals surface area contributed by atoms with E-state index < -0.39 is 10.0 Å². The topological polar surface area (TPSA) is 85.1 Å². The molecule has 0 amide bonds. The normalized spacial score (nSPS) is 12.7. The fourth-order valence-corrected chi connectivity index (χ4v) is 2.52. The molecule has 0 spiro atoms. The van der Waals surface area contributed by atoms with Crippen LogP contribution >= 0.6 is 11.6 Å². The highest BCUT2D eigenvalue weighted by Gasteiger charge is 2.21. The molecule has 1 aromatic rings. The molecule has 3 N–H and O–H groups in total.